The summed E-state index contributed by atoms with van der Waals surface area (Å²) in [6.07, 6.45) is -4.79. The summed E-state index contributed by atoms with van der Waals surface area (Å²) >= 11 is 6.05. The molecule has 1 unspecified atom stereocenters. The van der Waals surface area contributed by atoms with Crippen LogP contribution in [0.25, 0.3) is 0 Å². The van der Waals surface area contributed by atoms with Gasteiger partial charge in [-0.05, 0) is 35.4 Å². The van der Waals surface area contributed by atoms with E-state index in [9.17, 15) is 22.0 Å². The molecule has 0 amide bonds. The van der Waals surface area contributed by atoms with Crippen LogP contribution in [-0.2, 0) is 6.18 Å². The molecule has 0 nitrogen and oxygen atoms in total. The first-order valence-electron chi connectivity index (χ1n) is 5.55. The van der Waals surface area contributed by atoms with Crippen LogP contribution in [-0.4, -0.2) is 0 Å². The smallest absolute Gasteiger partial charge is 0.207 e. The third-order valence-corrected chi connectivity index (χ3v) is 3.26. The topological polar surface area (TPSA) is 0 Å². The van der Waals surface area contributed by atoms with Gasteiger partial charge in [0.05, 0.1) is 10.9 Å². The van der Waals surface area contributed by atoms with Crippen molar-refractivity contribution in [2.75, 3.05) is 0 Å². The van der Waals surface area contributed by atoms with Crippen molar-refractivity contribution in [3.05, 3.63) is 70.8 Å². The number of alkyl halides is 4. The Bertz CT molecular complexity index is 604. The molecule has 0 aliphatic carbocycles. The average Bonchev–Trinajstić information content (AvgIpc) is 2.38. The Morgan fingerprint density at radius 3 is 1.95 bits per heavy atom. The Balaban J connectivity index is 2.40. The third kappa shape index (κ3) is 3.10. The molecule has 0 aliphatic heterocycles. The third-order valence-electron chi connectivity index (χ3n) is 2.75. The van der Waals surface area contributed by atoms with Gasteiger partial charge < -0.3 is 0 Å². The lowest BCUT2D eigenvalue weighted by Crippen LogP contribution is -2.09. The van der Waals surface area contributed by atoms with Crippen LogP contribution in [0.2, 0.25) is 0 Å². The molecule has 106 valence electrons. The van der Waals surface area contributed by atoms with Crippen molar-refractivity contribution in [1.82, 2.24) is 0 Å². The fourth-order valence-electron chi connectivity index (χ4n) is 1.74. The highest BCUT2D eigenvalue weighted by Crippen LogP contribution is 2.36. The molecule has 2 aromatic rings. The maximum atomic E-state index is 13.2. The summed E-state index contributed by atoms with van der Waals surface area (Å²) in [7, 11) is 0. The van der Waals surface area contributed by atoms with E-state index in [1.807, 2.05) is 0 Å². The van der Waals surface area contributed by atoms with E-state index in [4.69, 9.17) is 11.6 Å². The van der Waals surface area contributed by atoms with Gasteiger partial charge in [-0.3, -0.25) is 0 Å². The molecule has 0 saturated carbocycles. The molecule has 0 radical (unpaired) electrons. The summed E-state index contributed by atoms with van der Waals surface area (Å²) in [5, 5.41) is -0.919. The van der Waals surface area contributed by atoms with Crippen LogP contribution in [0, 0.1) is 11.6 Å². The Hall–Kier alpha value is -1.62. The van der Waals surface area contributed by atoms with Gasteiger partial charge in [-0.1, -0.05) is 18.2 Å². The van der Waals surface area contributed by atoms with Gasteiger partial charge in [0.2, 0.25) is 0 Å². The first kappa shape index (κ1) is 14.8. The second kappa shape index (κ2) is 5.40. The summed E-state index contributed by atoms with van der Waals surface area (Å²) in [6.45, 7) is 0. The molecule has 6 heteroatoms. The molecule has 2 rings (SSSR count). The molecule has 0 N–H and O–H groups in total. The summed E-state index contributed by atoms with van der Waals surface area (Å²) in [5.74, 6) is -1.84. The zero-order valence-electron chi connectivity index (χ0n) is 9.89. The van der Waals surface area contributed by atoms with Gasteiger partial charge in [0.25, 0.3) is 0 Å². The minimum Gasteiger partial charge on any atom is -0.207 e. The Labute approximate surface area is 116 Å². The minimum atomic E-state index is -4.79. The summed E-state index contributed by atoms with van der Waals surface area (Å²) < 4.78 is 63.8. The van der Waals surface area contributed by atoms with Crippen molar-refractivity contribution in [2.45, 2.75) is 11.6 Å². The van der Waals surface area contributed by atoms with Crippen LogP contribution in [0.5, 0.6) is 0 Å². The minimum absolute atomic E-state index is 0.0898. The fourth-order valence-corrected chi connectivity index (χ4v) is 2.02. The van der Waals surface area contributed by atoms with Gasteiger partial charge in [-0.2, -0.15) is 13.2 Å². The van der Waals surface area contributed by atoms with Gasteiger partial charge in [0.1, 0.15) is 11.6 Å². The first-order chi connectivity index (χ1) is 9.29. The van der Waals surface area contributed by atoms with Crippen LogP contribution >= 0.6 is 11.6 Å². The maximum Gasteiger partial charge on any atom is 0.419 e. The van der Waals surface area contributed by atoms with Gasteiger partial charge in [0, 0.05) is 0 Å². The number of halogens is 6. The molecular formula is C14H8ClF5. The highest BCUT2D eigenvalue weighted by molar-refractivity contribution is 6.22. The number of hydrogen-bond donors (Lipinski definition) is 0. The Kier molecular flexibility index (Phi) is 3.99. The fraction of sp³-hybridized carbons (Fsp3) is 0.143. The van der Waals surface area contributed by atoms with Crippen LogP contribution in [0.3, 0.4) is 0 Å². The lowest BCUT2D eigenvalue weighted by atomic mass is 10.0. The van der Waals surface area contributed by atoms with Crippen molar-refractivity contribution >= 4 is 11.6 Å². The van der Waals surface area contributed by atoms with E-state index in [1.54, 1.807) is 0 Å². The van der Waals surface area contributed by atoms with E-state index >= 15 is 0 Å². The van der Waals surface area contributed by atoms with Gasteiger partial charge in [-0.15, -0.1) is 11.6 Å². The highest BCUT2D eigenvalue weighted by Gasteiger charge is 2.34. The normalized spacial score (nSPS) is 13.3. The molecule has 0 aliphatic rings. The molecule has 0 fully saturated rings. The van der Waals surface area contributed by atoms with Gasteiger partial charge in [0.15, 0.2) is 0 Å². The van der Waals surface area contributed by atoms with Crippen molar-refractivity contribution in [2.24, 2.45) is 0 Å². The molecular weight excluding hydrogens is 299 g/mol. The quantitative estimate of drug-likeness (QED) is 0.521. The Morgan fingerprint density at radius 2 is 1.40 bits per heavy atom. The van der Waals surface area contributed by atoms with Crippen LogP contribution in [0.4, 0.5) is 22.0 Å². The van der Waals surface area contributed by atoms with Gasteiger partial charge >= 0.3 is 6.18 Å². The molecule has 20 heavy (non-hydrogen) atoms. The molecule has 0 saturated heterocycles. The monoisotopic (exact) mass is 306 g/mol. The van der Waals surface area contributed by atoms with E-state index < -0.39 is 28.8 Å². The van der Waals surface area contributed by atoms with Crippen molar-refractivity contribution in [3.63, 3.8) is 0 Å². The van der Waals surface area contributed by atoms with Crippen molar-refractivity contribution in [1.29, 1.82) is 0 Å². The van der Waals surface area contributed by atoms with Crippen LogP contribution in [0.15, 0.2) is 42.5 Å². The van der Waals surface area contributed by atoms with E-state index in [0.29, 0.717) is 11.6 Å². The first-order valence-corrected chi connectivity index (χ1v) is 5.99. The van der Waals surface area contributed by atoms with Crippen LogP contribution < -0.4 is 0 Å². The predicted octanol–water partition coefficient (Wildman–Crippen LogP) is 5.31. The van der Waals surface area contributed by atoms with E-state index in [1.165, 1.54) is 18.2 Å². The highest BCUT2D eigenvalue weighted by atomic mass is 35.5. The predicted molar refractivity (Wildman–Crippen MR) is 65.5 cm³/mol. The van der Waals surface area contributed by atoms with E-state index in [0.717, 1.165) is 18.2 Å². The standard InChI is InChI=1S/C14H8ClF5/c15-13(8-1-4-10(16)5-2-8)9-3-6-12(17)11(7-9)14(18,19)20/h1-7,13H. The molecule has 0 aromatic heterocycles. The van der Waals surface area contributed by atoms with E-state index in [-0.39, 0.29) is 5.56 Å². The second-order valence-corrected chi connectivity index (χ2v) is 4.59. The summed E-state index contributed by atoms with van der Waals surface area (Å²) in [5.41, 5.74) is -0.859. The van der Waals surface area contributed by atoms with Crippen LogP contribution in [0.1, 0.15) is 22.1 Å². The number of hydrogen-bond acceptors (Lipinski definition) is 0. The largest absolute Gasteiger partial charge is 0.419 e. The lowest BCUT2D eigenvalue weighted by Gasteiger charge is -2.14. The maximum absolute atomic E-state index is 13.2. The number of rotatable bonds is 2. The summed E-state index contributed by atoms with van der Waals surface area (Å²) in [6, 6.07) is 7.59. The molecule has 0 spiro atoms. The van der Waals surface area contributed by atoms with E-state index in [2.05, 4.69) is 0 Å². The van der Waals surface area contributed by atoms with Gasteiger partial charge in [-0.25, -0.2) is 8.78 Å². The zero-order chi connectivity index (χ0) is 14.9. The van der Waals surface area contributed by atoms with Crippen molar-refractivity contribution < 1.29 is 22.0 Å². The Morgan fingerprint density at radius 1 is 0.850 bits per heavy atom. The number of benzene rings is 2. The second-order valence-electron chi connectivity index (χ2n) is 4.15. The molecule has 1 atom stereocenters. The zero-order valence-corrected chi connectivity index (χ0v) is 10.6. The molecule has 0 heterocycles. The molecule has 0 bridgehead atoms. The van der Waals surface area contributed by atoms with Crippen molar-refractivity contribution in [3.8, 4) is 0 Å². The molecule has 2 aromatic carbocycles. The SMILES string of the molecule is Fc1ccc(C(Cl)c2ccc(F)c(C(F)(F)F)c2)cc1. The average molecular weight is 307 g/mol. The lowest BCUT2D eigenvalue weighted by molar-refractivity contribution is -0.140. The summed E-state index contributed by atoms with van der Waals surface area (Å²) in [4.78, 5) is 0.